The molecule has 6 nitrogen and oxygen atoms in total. The normalized spacial score (nSPS) is 15.0. The first-order chi connectivity index (χ1) is 10.4. The largest absolute Gasteiger partial charge is 0.492 e. The number of anilines is 1. The monoisotopic (exact) mass is 307 g/mol. The van der Waals surface area contributed by atoms with Crippen LogP contribution in [0.2, 0.25) is 0 Å². The molecule has 1 aliphatic rings. The Morgan fingerprint density at radius 2 is 1.95 bits per heavy atom. The molecule has 2 rings (SSSR count). The Labute approximate surface area is 131 Å². The Hall–Kier alpha value is -1.79. The third kappa shape index (κ3) is 5.91. The van der Waals surface area contributed by atoms with Crippen LogP contribution in [0, 0.1) is 0 Å². The first-order valence-corrected chi connectivity index (χ1v) is 7.59. The first kappa shape index (κ1) is 16.6. The molecule has 1 aromatic rings. The number of benzene rings is 1. The molecule has 1 saturated heterocycles. The van der Waals surface area contributed by atoms with E-state index in [9.17, 15) is 4.79 Å². The molecule has 3 N–H and O–H groups in total. The highest BCUT2D eigenvalue weighted by atomic mass is 16.6. The maximum absolute atomic E-state index is 11.6. The molecule has 0 unspecified atom stereocenters. The molecule has 0 radical (unpaired) electrons. The number of hydrogen-bond donors (Lipinski definition) is 3. The van der Waals surface area contributed by atoms with Gasteiger partial charge in [0.2, 0.25) is 0 Å². The predicted molar refractivity (Wildman–Crippen MR) is 86.5 cm³/mol. The lowest BCUT2D eigenvalue weighted by Gasteiger charge is -2.28. The molecule has 6 heteroatoms. The second-order valence-electron chi connectivity index (χ2n) is 6.31. The summed E-state index contributed by atoms with van der Waals surface area (Å²) >= 11 is 0. The number of hydrogen-bond acceptors (Lipinski definition) is 5. The third-order valence-corrected chi connectivity index (χ3v) is 3.08. The van der Waals surface area contributed by atoms with E-state index in [1.54, 1.807) is 12.1 Å². The second-order valence-corrected chi connectivity index (χ2v) is 6.31. The molecule has 0 aromatic heterocycles. The van der Waals surface area contributed by atoms with Crippen molar-refractivity contribution in [1.82, 2.24) is 10.6 Å². The molecule has 1 aromatic carbocycles. The van der Waals surface area contributed by atoms with Crippen molar-refractivity contribution in [3.63, 3.8) is 0 Å². The van der Waals surface area contributed by atoms with E-state index in [1.807, 2.05) is 32.9 Å². The molecule has 122 valence electrons. The smallest absolute Gasteiger partial charge is 0.412 e. The van der Waals surface area contributed by atoms with Gasteiger partial charge in [-0.25, -0.2) is 4.79 Å². The highest BCUT2D eigenvalue weighted by molar-refractivity contribution is 5.84. The molecule has 1 fully saturated rings. The lowest BCUT2D eigenvalue weighted by molar-refractivity contribution is 0.0636. The fraction of sp³-hybridized carbons (Fsp3) is 0.562. The highest BCUT2D eigenvalue weighted by Gasteiger charge is 2.16. The molecule has 0 bridgehead atoms. The van der Waals surface area contributed by atoms with Crippen molar-refractivity contribution in [3.8, 4) is 5.75 Å². The van der Waals surface area contributed by atoms with Crippen molar-refractivity contribution >= 4 is 11.8 Å². The summed E-state index contributed by atoms with van der Waals surface area (Å²) < 4.78 is 10.8. The Kier molecular flexibility index (Phi) is 5.63. The van der Waals surface area contributed by atoms with Gasteiger partial charge in [0.25, 0.3) is 0 Å². The summed E-state index contributed by atoms with van der Waals surface area (Å²) in [6.45, 7) is 9.00. The Morgan fingerprint density at radius 3 is 2.50 bits per heavy atom. The van der Waals surface area contributed by atoms with E-state index in [0.29, 0.717) is 18.3 Å². The third-order valence-electron chi connectivity index (χ3n) is 3.08. The molecule has 1 aliphatic heterocycles. The maximum atomic E-state index is 11.6. The van der Waals surface area contributed by atoms with Crippen LogP contribution in [0.4, 0.5) is 10.5 Å². The molecular weight excluding hydrogens is 282 g/mol. The summed E-state index contributed by atoms with van der Waals surface area (Å²) in [5, 5.41) is 9.28. The number of carbonyl (C=O) groups excluding carboxylic acids is 1. The van der Waals surface area contributed by atoms with Gasteiger partial charge in [-0.15, -0.1) is 0 Å². The van der Waals surface area contributed by atoms with Crippen molar-refractivity contribution in [2.75, 3.05) is 31.6 Å². The van der Waals surface area contributed by atoms with Crippen molar-refractivity contribution in [3.05, 3.63) is 24.3 Å². The van der Waals surface area contributed by atoms with Gasteiger partial charge in [-0.1, -0.05) is 0 Å². The van der Waals surface area contributed by atoms with E-state index in [2.05, 4.69) is 16.0 Å². The van der Waals surface area contributed by atoms with Crippen LogP contribution < -0.4 is 20.7 Å². The quantitative estimate of drug-likeness (QED) is 0.701. The topological polar surface area (TPSA) is 71.6 Å². The van der Waals surface area contributed by atoms with E-state index in [1.165, 1.54) is 0 Å². The van der Waals surface area contributed by atoms with Crippen molar-refractivity contribution < 1.29 is 14.3 Å². The minimum Gasteiger partial charge on any atom is -0.492 e. The second kappa shape index (κ2) is 7.47. The Balaban J connectivity index is 1.69. The van der Waals surface area contributed by atoms with Gasteiger partial charge in [0.05, 0.1) is 0 Å². The van der Waals surface area contributed by atoms with Crippen molar-refractivity contribution in [2.45, 2.75) is 32.4 Å². The van der Waals surface area contributed by atoms with E-state index in [4.69, 9.17) is 9.47 Å². The van der Waals surface area contributed by atoms with Gasteiger partial charge in [0.1, 0.15) is 18.0 Å². The van der Waals surface area contributed by atoms with Crippen LogP contribution in [-0.2, 0) is 4.74 Å². The highest BCUT2D eigenvalue weighted by Crippen LogP contribution is 2.16. The van der Waals surface area contributed by atoms with Gasteiger partial charge in [-0.2, -0.15) is 0 Å². The number of amides is 1. The van der Waals surface area contributed by atoms with Gasteiger partial charge < -0.3 is 20.1 Å². The minimum absolute atomic E-state index is 0.459. The number of ether oxygens (including phenoxy) is 2. The summed E-state index contributed by atoms with van der Waals surface area (Å²) in [6, 6.07) is 7.82. The molecule has 1 heterocycles. The van der Waals surface area contributed by atoms with E-state index in [-0.39, 0.29) is 0 Å². The predicted octanol–water partition coefficient (Wildman–Crippen LogP) is 1.97. The summed E-state index contributed by atoms with van der Waals surface area (Å²) in [4.78, 5) is 11.6. The van der Waals surface area contributed by atoms with Crippen LogP contribution in [0.5, 0.6) is 5.75 Å². The van der Waals surface area contributed by atoms with Crippen LogP contribution in [0.1, 0.15) is 20.8 Å². The van der Waals surface area contributed by atoms with Crippen LogP contribution in [-0.4, -0.2) is 44.0 Å². The number of nitrogens with one attached hydrogen (secondary N) is 3. The van der Waals surface area contributed by atoms with Crippen molar-refractivity contribution in [2.24, 2.45) is 0 Å². The molecule has 1 amide bonds. The summed E-state index contributed by atoms with van der Waals surface area (Å²) in [5.74, 6) is 0.781. The van der Waals surface area contributed by atoms with Gasteiger partial charge in [-0.05, 0) is 45.0 Å². The van der Waals surface area contributed by atoms with E-state index in [0.717, 1.165) is 25.4 Å². The zero-order valence-electron chi connectivity index (χ0n) is 13.4. The fourth-order valence-electron chi connectivity index (χ4n) is 1.92. The Bertz CT molecular complexity index is 478. The molecule has 0 spiro atoms. The first-order valence-electron chi connectivity index (χ1n) is 7.59. The van der Waals surface area contributed by atoms with E-state index >= 15 is 0 Å². The zero-order valence-corrected chi connectivity index (χ0v) is 13.4. The lowest BCUT2D eigenvalue weighted by atomic mass is 10.2. The van der Waals surface area contributed by atoms with Crippen molar-refractivity contribution in [1.29, 1.82) is 0 Å². The van der Waals surface area contributed by atoms with Gasteiger partial charge in [-0.3, -0.25) is 5.32 Å². The zero-order chi connectivity index (χ0) is 16.0. The molecule has 0 saturated carbocycles. The standard InChI is InChI=1S/C16H25N3O3/c1-16(2,3)22-15(20)19-12-4-6-14(7-5-12)21-9-8-18-13-10-17-11-13/h4-7,13,17-18H,8-11H2,1-3H3,(H,19,20). The van der Waals surface area contributed by atoms with Gasteiger partial charge in [0.15, 0.2) is 0 Å². The average Bonchev–Trinajstić information content (AvgIpc) is 2.36. The van der Waals surface area contributed by atoms with Gasteiger partial charge >= 0.3 is 6.09 Å². The average molecular weight is 307 g/mol. The number of rotatable bonds is 6. The summed E-state index contributed by atoms with van der Waals surface area (Å²) in [6.07, 6.45) is -0.459. The van der Waals surface area contributed by atoms with Gasteiger partial charge in [0, 0.05) is 31.4 Å². The van der Waals surface area contributed by atoms with Crippen LogP contribution >= 0.6 is 0 Å². The SMILES string of the molecule is CC(C)(C)OC(=O)Nc1ccc(OCCNC2CNC2)cc1. The lowest BCUT2D eigenvalue weighted by Crippen LogP contribution is -2.56. The Morgan fingerprint density at radius 1 is 1.27 bits per heavy atom. The summed E-state index contributed by atoms with van der Waals surface area (Å²) in [5.41, 5.74) is 0.177. The molecular formula is C16H25N3O3. The summed E-state index contributed by atoms with van der Waals surface area (Å²) in [7, 11) is 0. The molecule has 0 aliphatic carbocycles. The molecule has 22 heavy (non-hydrogen) atoms. The van der Waals surface area contributed by atoms with Crippen LogP contribution in [0.15, 0.2) is 24.3 Å². The van der Waals surface area contributed by atoms with Crippen LogP contribution in [0.25, 0.3) is 0 Å². The van der Waals surface area contributed by atoms with E-state index < -0.39 is 11.7 Å². The maximum Gasteiger partial charge on any atom is 0.412 e. The molecule has 0 atom stereocenters. The fourth-order valence-corrected chi connectivity index (χ4v) is 1.92. The minimum atomic E-state index is -0.504. The number of carbonyl (C=O) groups is 1. The van der Waals surface area contributed by atoms with Crippen LogP contribution in [0.3, 0.4) is 0 Å².